The third-order valence-electron chi connectivity index (χ3n) is 3.18. The maximum absolute atomic E-state index is 5.54. The van der Waals surface area contributed by atoms with Gasteiger partial charge in [0, 0.05) is 12.6 Å². The first-order valence-corrected chi connectivity index (χ1v) is 6.90. The minimum Gasteiger partial charge on any atom is -0.490 e. The number of ether oxygens (including phenoxy) is 1. The fourth-order valence-corrected chi connectivity index (χ4v) is 2.03. The van der Waals surface area contributed by atoms with Crippen molar-refractivity contribution in [1.82, 2.24) is 5.32 Å². The molecule has 1 N–H and O–H groups in total. The number of hydrogen-bond donors (Lipinski definition) is 1. The summed E-state index contributed by atoms with van der Waals surface area (Å²) in [6.45, 7) is 7.19. The summed E-state index contributed by atoms with van der Waals surface area (Å²) in [5.74, 6) is 0.886. The lowest BCUT2D eigenvalue weighted by Gasteiger charge is -2.14. The van der Waals surface area contributed by atoms with Crippen molar-refractivity contribution in [1.29, 1.82) is 0 Å². The Morgan fingerprint density at radius 1 is 1.15 bits per heavy atom. The second-order valence-corrected chi connectivity index (χ2v) is 4.76. The average Bonchev–Trinajstić information content (AvgIpc) is 2.52. The number of rotatable bonds is 7. The highest BCUT2D eigenvalue weighted by atomic mass is 16.5. The zero-order valence-corrected chi connectivity index (χ0v) is 11.9. The molecule has 0 fully saturated rings. The monoisotopic (exact) mass is 267 g/mol. The van der Waals surface area contributed by atoms with Gasteiger partial charge in [-0.3, -0.25) is 0 Å². The molecule has 20 heavy (non-hydrogen) atoms. The van der Waals surface area contributed by atoms with Crippen molar-refractivity contribution in [3.8, 4) is 5.75 Å². The summed E-state index contributed by atoms with van der Waals surface area (Å²) in [7, 11) is 0. The molecule has 0 spiro atoms. The largest absolute Gasteiger partial charge is 0.490 e. The van der Waals surface area contributed by atoms with Gasteiger partial charge in [-0.2, -0.15) is 0 Å². The molecule has 104 valence electrons. The molecule has 1 atom stereocenters. The fourth-order valence-electron chi connectivity index (χ4n) is 2.03. The molecule has 0 aliphatic rings. The van der Waals surface area contributed by atoms with Crippen LogP contribution < -0.4 is 10.1 Å². The zero-order valence-electron chi connectivity index (χ0n) is 11.9. The maximum atomic E-state index is 5.54. The molecule has 0 radical (unpaired) electrons. The van der Waals surface area contributed by atoms with E-state index in [0.29, 0.717) is 12.6 Å². The molecule has 0 aromatic heterocycles. The van der Waals surface area contributed by atoms with E-state index in [9.17, 15) is 0 Å². The van der Waals surface area contributed by atoms with Crippen molar-refractivity contribution in [2.45, 2.75) is 19.5 Å². The lowest BCUT2D eigenvalue weighted by atomic mass is 10.1. The van der Waals surface area contributed by atoms with Crippen LogP contribution >= 0.6 is 0 Å². The highest BCUT2D eigenvalue weighted by molar-refractivity contribution is 5.29. The van der Waals surface area contributed by atoms with Crippen LogP contribution in [-0.4, -0.2) is 6.61 Å². The molecule has 0 aliphatic carbocycles. The minimum absolute atomic E-state index is 0.328. The Morgan fingerprint density at radius 3 is 2.70 bits per heavy atom. The van der Waals surface area contributed by atoms with Gasteiger partial charge < -0.3 is 10.1 Å². The second kappa shape index (κ2) is 7.51. The second-order valence-electron chi connectivity index (χ2n) is 4.76. The lowest BCUT2D eigenvalue weighted by Crippen LogP contribution is -2.17. The Bertz CT molecular complexity index is 536. The van der Waals surface area contributed by atoms with E-state index in [0.717, 1.165) is 12.3 Å². The summed E-state index contributed by atoms with van der Waals surface area (Å²) < 4.78 is 5.54. The molecule has 0 saturated carbocycles. The summed E-state index contributed by atoms with van der Waals surface area (Å²) in [5, 5.41) is 3.52. The van der Waals surface area contributed by atoms with Crippen LogP contribution in [0.3, 0.4) is 0 Å². The number of hydrogen-bond acceptors (Lipinski definition) is 2. The Hall–Kier alpha value is -2.06. The lowest BCUT2D eigenvalue weighted by molar-refractivity contribution is 0.362. The fraction of sp³-hybridized carbons (Fsp3) is 0.222. The summed E-state index contributed by atoms with van der Waals surface area (Å²) in [5.41, 5.74) is 2.51. The molecule has 2 nitrogen and oxygen atoms in total. The van der Waals surface area contributed by atoms with Gasteiger partial charge >= 0.3 is 0 Å². The van der Waals surface area contributed by atoms with Gasteiger partial charge in [0.05, 0.1) is 0 Å². The van der Waals surface area contributed by atoms with Crippen LogP contribution in [0.2, 0.25) is 0 Å². The Balaban J connectivity index is 1.92. The first kappa shape index (κ1) is 14.4. The van der Waals surface area contributed by atoms with Crippen molar-refractivity contribution in [2.24, 2.45) is 0 Å². The van der Waals surface area contributed by atoms with Crippen LogP contribution in [0, 0.1) is 0 Å². The number of benzene rings is 2. The van der Waals surface area contributed by atoms with Gasteiger partial charge in [0.25, 0.3) is 0 Å². The third kappa shape index (κ3) is 4.25. The molecule has 2 aromatic carbocycles. The van der Waals surface area contributed by atoms with Crippen LogP contribution in [0.1, 0.15) is 24.1 Å². The predicted molar refractivity (Wildman–Crippen MR) is 83.8 cm³/mol. The summed E-state index contributed by atoms with van der Waals surface area (Å²) in [6.07, 6.45) is 1.75. The first-order valence-electron chi connectivity index (χ1n) is 6.90. The van der Waals surface area contributed by atoms with E-state index in [2.05, 4.69) is 55.2 Å². The predicted octanol–water partition coefficient (Wildman–Crippen LogP) is 4.10. The molecular formula is C18H21NO. The van der Waals surface area contributed by atoms with Crippen molar-refractivity contribution in [3.63, 3.8) is 0 Å². The Morgan fingerprint density at radius 2 is 1.95 bits per heavy atom. The van der Waals surface area contributed by atoms with E-state index in [1.807, 2.05) is 18.2 Å². The molecule has 2 rings (SSSR count). The van der Waals surface area contributed by atoms with Crippen molar-refractivity contribution >= 4 is 0 Å². The van der Waals surface area contributed by atoms with Crippen molar-refractivity contribution in [2.75, 3.05) is 6.61 Å². The SMILES string of the molecule is C=CCOc1cccc(CN[C@@H](C)c2ccccc2)c1. The first-order chi connectivity index (χ1) is 9.79. The minimum atomic E-state index is 0.328. The summed E-state index contributed by atoms with van der Waals surface area (Å²) in [6, 6.07) is 18.9. The average molecular weight is 267 g/mol. The molecule has 0 amide bonds. The third-order valence-corrected chi connectivity index (χ3v) is 3.18. The van der Waals surface area contributed by atoms with E-state index in [4.69, 9.17) is 4.74 Å². The van der Waals surface area contributed by atoms with Crippen molar-refractivity contribution < 1.29 is 4.74 Å². The molecule has 0 heterocycles. The Kier molecular flexibility index (Phi) is 5.39. The zero-order chi connectivity index (χ0) is 14.2. The van der Waals surface area contributed by atoms with Gasteiger partial charge in [-0.05, 0) is 30.2 Å². The van der Waals surface area contributed by atoms with Gasteiger partial charge in [0.15, 0.2) is 0 Å². The van der Waals surface area contributed by atoms with Gasteiger partial charge in [-0.15, -0.1) is 0 Å². The number of nitrogens with one attached hydrogen (secondary N) is 1. The molecule has 0 bridgehead atoms. The van der Waals surface area contributed by atoms with Crippen molar-refractivity contribution in [3.05, 3.63) is 78.4 Å². The van der Waals surface area contributed by atoms with Crippen LogP contribution in [0.4, 0.5) is 0 Å². The van der Waals surface area contributed by atoms with Crippen LogP contribution in [0.15, 0.2) is 67.3 Å². The van der Waals surface area contributed by atoms with Crippen LogP contribution in [0.25, 0.3) is 0 Å². The van der Waals surface area contributed by atoms with E-state index >= 15 is 0 Å². The molecule has 0 saturated heterocycles. The summed E-state index contributed by atoms with van der Waals surface area (Å²) >= 11 is 0. The standard InChI is InChI=1S/C18H21NO/c1-3-12-20-18-11-7-8-16(13-18)14-19-15(2)17-9-5-4-6-10-17/h3-11,13,15,19H,1,12,14H2,2H3/t15-/m0/s1. The topological polar surface area (TPSA) is 21.3 Å². The summed E-state index contributed by atoms with van der Waals surface area (Å²) in [4.78, 5) is 0. The van der Waals surface area contributed by atoms with E-state index in [1.54, 1.807) is 6.08 Å². The quantitative estimate of drug-likeness (QED) is 0.762. The molecule has 2 aromatic rings. The van der Waals surface area contributed by atoms with Gasteiger partial charge in [0.1, 0.15) is 12.4 Å². The van der Waals surface area contributed by atoms with E-state index in [1.165, 1.54) is 11.1 Å². The van der Waals surface area contributed by atoms with E-state index in [-0.39, 0.29) is 0 Å². The highest BCUT2D eigenvalue weighted by Gasteiger charge is 2.04. The molecule has 0 unspecified atom stereocenters. The normalized spacial score (nSPS) is 11.8. The highest BCUT2D eigenvalue weighted by Crippen LogP contribution is 2.16. The van der Waals surface area contributed by atoms with E-state index < -0.39 is 0 Å². The van der Waals surface area contributed by atoms with Gasteiger partial charge in [-0.25, -0.2) is 0 Å². The van der Waals surface area contributed by atoms with Crippen LogP contribution in [-0.2, 0) is 6.54 Å². The smallest absolute Gasteiger partial charge is 0.120 e. The molecule has 0 aliphatic heterocycles. The maximum Gasteiger partial charge on any atom is 0.120 e. The molecular weight excluding hydrogens is 246 g/mol. The Labute approximate surface area is 121 Å². The van der Waals surface area contributed by atoms with Gasteiger partial charge in [0.2, 0.25) is 0 Å². The van der Waals surface area contributed by atoms with Crippen LogP contribution in [0.5, 0.6) is 5.75 Å². The molecule has 2 heteroatoms. The van der Waals surface area contributed by atoms with Gasteiger partial charge in [-0.1, -0.05) is 55.1 Å².